The summed E-state index contributed by atoms with van der Waals surface area (Å²) in [6.07, 6.45) is 0.139. The number of rotatable bonds is 8. The van der Waals surface area contributed by atoms with Crippen molar-refractivity contribution in [1.82, 2.24) is 10.9 Å². The lowest BCUT2D eigenvalue weighted by molar-refractivity contribution is -0.147. The maximum Gasteiger partial charge on any atom is 0.306 e. The zero-order valence-electron chi connectivity index (χ0n) is 15.7. The monoisotopic (exact) mass is 451 g/mol. The van der Waals surface area contributed by atoms with Gasteiger partial charge in [0.2, 0.25) is 5.91 Å². The number of benzene rings is 2. The van der Waals surface area contributed by atoms with E-state index in [1.54, 1.807) is 36.4 Å². The summed E-state index contributed by atoms with van der Waals surface area (Å²) in [5, 5.41) is 3.15. The van der Waals surface area contributed by atoms with Crippen molar-refractivity contribution >= 4 is 52.6 Å². The van der Waals surface area contributed by atoms with E-state index in [9.17, 15) is 19.2 Å². The highest BCUT2D eigenvalue weighted by Crippen LogP contribution is 2.24. The maximum absolute atomic E-state index is 11.8. The van der Waals surface area contributed by atoms with Gasteiger partial charge >= 0.3 is 5.97 Å². The molecule has 0 atom stereocenters. The van der Waals surface area contributed by atoms with Crippen LogP contribution in [0.3, 0.4) is 0 Å². The van der Waals surface area contributed by atoms with Gasteiger partial charge in [0.05, 0.1) is 10.0 Å². The van der Waals surface area contributed by atoms with E-state index in [1.807, 2.05) is 0 Å². The van der Waals surface area contributed by atoms with E-state index in [1.165, 1.54) is 12.1 Å². The summed E-state index contributed by atoms with van der Waals surface area (Å²) in [6.45, 7) is -0.474. The highest BCUT2D eigenvalue weighted by Gasteiger charge is 2.11. The average Bonchev–Trinajstić information content (AvgIpc) is 2.74. The first-order valence-corrected chi connectivity index (χ1v) is 9.65. The van der Waals surface area contributed by atoms with Crippen LogP contribution in [0.2, 0.25) is 10.0 Å². The van der Waals surface area contributed by atoms with E-state index in [2.05, 4.69) is 16.2 Å². The molecule has 0 saturated heterocycles. The van der Waals surface area contributed by atoms with Gasteiger partial charge in [-0.1, -0.05) is 41.4 Å². The molecule has 0 aliphatic carbocycles. The normalized spacial score (nSPS) is 10.1. The predicted molar refractivity (Wildman–Crippen MR) is 112 cm³/mol. The Balaban J connectivity index is 1.60. The number of esters is 1. The summed E-state index contributed by atoms with van der Waals surface area (Å²) in [5.41, 5.74) is 5.37. The first-order valence-electron chi connectivity index (χ1n) is 8.90. The van der Waals surface area contributed by atoms with Crippen LogP contribution in [-0.4, -0.2) is 30.3 Å². The third-order valence-electron chi connectivity index (χ3n) is 3.70. The van der Waals surface area contributed by atoms with Crippen LogP contribution in [0, 0.1) is 0 Å². The predicted octanol–water partition coefficient (Wildman–Crippen LogP) is 3.11. The van der Waals surface area contributed by atoms with Gasteiger partial charge in [-0.3, -0.25) is 30.0 Å². The third kappa shape index (κ3) is 8.10. The molecule has 0 fully saturated rings. The van der Waals surface area contributed by atoms with Gasteiger partial charge < -0.3 is 10.1 Å². The van der Waals surface area contributed by atoms with Crippen LogP contribution in [0.25, 0.3) is 0 Å². The van der Waals surface area contributed by atoms with Crippen LogP contribution >= 0.6 is 23.2 Å². The number of nitrogens with one attached hydrogen (secondary N) is 3. The van der Waals surface area contributed by atoms with Crippen LogP contribution in [0.15, 0.2) is 48.5 Å². The van der Waals surface area contributed by atoms with E-state index in [4.69, 9.17) is 27.9 Å². The first-order chi connectivity index (χ1) is 14.3. The van der Waals surface area contributed by atoms with Crippen LogP contribution in [0.1, 0.15) is 29.6 Å². The van der Waals surface area contributed by atoms with E-state index < -0.39 is 30.3 Å². The molecule has 2 aromatic rings. The summed E-state index contributed by atoms with van der Waals surface area (Å²) in [5.74, 6) is -2.07. The Bertz CT molecular complexity index is 922. The Morgan fingerprint density at radius 3 is 2.27 bits per heavy atom. The lowest BCUT2D eigenvalue weighted by Gasteiger charge is -2.08. The molecule has 2 rings (SSSR count). The molecule has 30 heavy (non-hydrogen) atoms. The quantitative estimate of drug-likeness (QED) is 0.421. The van der Waals surface area contributed by atoms with Crippen molar-refractivity contribution in [2.45, 2.75) is 19.3 Å². The number of ether oxygens (including phenoxy) is 1. The third-order valence-corrected chi connectivity index (χ3v) is 4.44. The molecule has 158 valence electrons. The van der Waals surface area contributed by atoms with E-state index >= 15 is 0 Å². The van der Waals surface area contributed by atoms with Crippen molar-refractivity contribution in [3.05, 3.63) is 64.1 Å². The average molecular weight is 452 g/mol. The molecule has 0 aliphatic rings. The second-order valence-corrected chi connectivity index (χ2v) is 6.87. The number of hydrogen-bond acceptors (Lipinski definition) is 5. The molecule has 0 aliphatic heterocycles. The van der Waals surface area contributed by atoms with Gasteiger partial charge in [-0.25, -0.2) is 0 Å². The lowest BCUT2D eigenvalue weighted by Crippen LogP contribution is -2.41. The molecule has 8 nitrogen and oxygen atoms in total. The molecule has 2 aromatic carbocycles. The number of anilines is 1. The number of halogens is 2. The van der Waals surface area contributed by atoms with Crippen LogP contribution in [0.4, 0.5) is 5.69 Å². The van der Waals surface area contributed by atoms with Crippen molar-refractivity contribution in [2.75, 3.05) is 11.9 Å². The number of amides is 3. The molecular formula is C20H19Cl2N3O5. The topological polar surface area (TPSA) is 114 Å². The van der Waals surface area contributed by atoms with Crippen molar-refractivity contribution in [2.24, 2.45) is 0 Å². The molecule has 0 spiro atoms. The summed E-state index contributed by atoms with van der Waals surface area (Å²) in [4.78, 5) is 47.0. The van der Waals surface area contributed by atoms with Gasteiger partial charge in [0.25, 0.3) is 11.8 Å². The molecule has 3 amide bonds. The lowest BCUT2D eigenvalue weighted by atomic mass is 10.2. The highest BCUT2D eigenvalue weighted by molar-refractivity contribution is 6.42. The number of carbonyl (C=O) groups excluding carboxylic acids is 4. The Morgan fingerprint density at radius 2 is 1.57 bits per heavy atom. The van der Waals surface area contributed by atoms with Gasteiger partial charge in [0.1, 0.15) is 0 Å². The molecule has 3 N–H and O–H groups in total. The first kappa shape index (κ1) is 23.2. The largest absolute Gasteiger partial charge is 0.456 e. The van der Waals surface area contributed by atoms with Crippen molar-refractivity contribution in [3.63, 3.8) is 0 Å². The Labute approximate surface area is 182 Å². The van der Waals surface area contributed by atoms with E-state index in [0.29, 0.717) is 16.3 Å². The fourth-order valence-electron chi connectivity index (χ4n) is 2.23. The summed E-state index contributed by atoms with van der Waals surface area (Å²) in [7, 11) is 0. The molecule has 0 aromatic heterocycles. The van der Waals surface area contributed by atoms with Crippen molar-refractivity contribution < 1.29 is 23.9 Å². The molecule has 0 radical (unpaired) electrons. The Morgan fingerprint density at radius 1 is 0.833 bits per heavy atom. The van der Waals surface area contributed by atoms with Gasteiger partial charge in [0, 0.05) is 24.1 Å². The molecule has 0 unspecified atom stereocenters. The van der Waals surface area contributed by atoms with Gasteiger partial charge in [-0.2, -0.15) is 0 Å². The standard InChI is InChI=1S/C20H19Cl2N3O5/c21-15-10-9-14(11-16(15)22)23-18(27)12-30-19(28)8-4-7-17(26)24-25-20(29)13-5-2-1-3-6-13/h1-3,5-6,9-11H,4,7-8,12H2,(H,23,27)(H,24,26)(H,25,29). The fourth-order valence-corrected chi connectivity index (χ4v) is 2.53. The van der Waals surface area contributed by atoms with Crippen LogP contribution in [0.5, 0.6) is 0 Å². The number of hydrazine groups is 1. The smallest absolute Gasteiger partial charge is 0.306 e. The van der Waals surface area contributed by atoms with Crippen molar-refractivity contribution in [1.29, 1.82) is 0 Å². The highest BCUT2D eigenvalue weighted by atomic mass is 35.5. The minimum Gasteiger partial charge on any atom is -0.456 e. The minimum absolute atomic E-state index is 0.000357. The molecule has 0 bridgehead atoms. The fraction of sp³-hybridized carbons (Fsp3) is 0.200. The van der Waals surface area contributed by atoms with Crippen molar-refractivity contribution in [3.8, 4) is 0 Å². The minimum atomic E-state index is -0.625. The number of carbonyl (C=O) groups is 4. The summed E-state index contributed by atoms with van der Waals surface area (Å²) < 4.78 is 4.86. The maximum atomic E-state index is 11.8. The second kappa shape index (κ2) is 11.8. The van der Waals surface area contributed by atoms with Gasteiger partial charge in [-0.05, 0) is 36.8 Å². The summed E-state index contributed by atoms with van der Waals surface area (Å²) >= 11 is 11.6. The van der Waals surface area contributed by atoms with Crippen LogP contribution < -0.4 is 16.2 Å². The SMILES string of the molecule is O=C(CCCC(=O)OCC(=O)Nc1ccc(Cl)c(Cl)c1)NNC(=O)c1ccccc1. The van der Waals surface area contributed by atoms with Gasteiger partial charge in [0.15, 0.2) is 6.61 Å². The number of hydrogen-bond donors (Lipinski definition) is 3. The summed E-state index contributed by atoms with van der Waals surface area (Å²) in [6, 6.07) is 12.9. The Kier molecular flexibility index (Phi) is 9.11. The molecule has 0 saturated carbocycles. The Hall–Kier alpha value is -3.10. The molecule has 10 heteroatoms. The molecule has 0 heterocycles. The van der Waals surface area contributed by atoms with Crippen LogP contribution in [-0.2, 0) is 19.1 Å². The second-order valence-electron chi connectivity index (χ2n) is 6.06. The zero-order chi connectivity index (χ0) is 21.9. The van der Waals surface area contributed by atoms with Gasteiger partial charge in [-0.15, -0.1) is 0 Å². The van der Waals surface area contributed by atoms with E-state index in [-0.39, 0.29) is 24.3 Å². The molecular weight excluding hydrogens is 433 g/mol. The zero-order valence-corrected chi connectivity index (χ0v) is 17.3. The van der Waals surface area contributed by atoms with E-state index in [0.717, 1.165) is 0 Å².